The number of hydrogen-bond donors (Lipinski definition) is 2. The summed E-state index contributed by atoms with van der Waals surface area (Å²) in [6.45, 7) is 1.57. The summed E-state index contributed by atoms with van der Waals surface area (Å²) in [5, 5.41) is 10.2. The van der Waals surface area contributed by atoms with Crippen LogP contribution in [0.3, 0.4) is 0 Å². The van der Waals surface area contributed by atoms with Crippen LogP contribution in [0, 0.1) is 6.92 Å². The van der Waals surface area contributed by atoms with E-state index in [0.717, 1.165) is 22.6 Å². The van der Waals surface area contributed by atoms with Crippen LogP contribution in [0.5, 0.6) is 5.75 Å². The standard InChI is InChI=1S/C18H18F3N3O2/c1-12-5-6-16(26-12)17-14(10-23-24-17)9-22-8-13-3-2-4-15(7-13)25-11-18(19,20)21/h2-7,10,22H,8-9,11H2,1H3,(H,23,24). The van der Waals surface area contributed by atoms with E-state index in [2.05, 4.69) is 15.5 Å². The average molecular weight is 365 g/mol. The zero-order valence-corrected chi connectivity index (χ0v) is 14.1. The largest absolute Gasteiger partial charge is 0.484 e. The van der Waals surface area contributed by atoms with Crippen LogP contribution >= 0.6 is 0 Å². The molecule has 0 atom stereocenters. The highest BCUT2D eigenvalue weighted by molar-refractivity contribution is 5.56. The van der Waals surface area contributed by atoms with Crippen molar-refractivity contribution in [2.75, 3.05) is 6.61 Å². The average Bonchev–Trinajstić information content (AvgIpc) is 3.21. The zero-order chi connectivity index (χ0) is 18.6. The van der Waals surface area contributed by atoms with Crippen LogP contribution in [0.2, 0.25) is 0 Å². The van der Waals surface area contributed by atoms with Gasteiger partial charge < -0.3 is 14.5 Å². The monoisotopic (exact) mass is 365 g/mol. The molecule has 0 spiro atoms. The summed E-state index contributed by atoms with van der Waals surface area (Å²) in [5.74, 6) is 1.71. The van der Waals surface area contributed by atoms with Gasteiger partial charge in [0.25, 0.3) is 0 Å². The summed E-state index contributed by atoms with van der Waals surface area (Å²) in [6.07, 6.45) is -2.64. The first-order valence-corrected chi connectivity index (χ1v) is 7.99. The molecule has 2 heterocycles. The number of aromatic nitrogens is 2. The zero-order valence-electron chi connectivity index (χ0n) is 14.1. The van der Waals surface area contributed by atoms with Gasteiger partial charge in [-0.05, 0) is 36.8 Å². The molecule has 5 nitrogen and oxygen atoms in total. The number of furan rings is 1. The van der Waals surface area contributed by atoms with Crippen molar-refractivity contribution in [3.63, 3.8) is 0 Å². The van der Waals surface area contributed by atoms with Crippen molar-refractivity contribution in [1.82, 2.24) is 15.5 Å². The van der Waals surface area contributed by atoms with Crippen molar-refractivity contribution in [3.8, 4) is 17.2 Å². The van der Waals surface area contributed by atoms with Crippen molar-refractivity contribution in [3.05, 3.63) is 59.5 Å². The molecule has 0 saturated heterocycles. The molecule has 0 amide bonds. The quantitative estimate of drug-likeness (QED) is 0.658. The van der Waals surface area contributed by atoms with Gasteiger partial charge in [-0.15, -0.1) is 0 Å². The Hall–Kier alpha value is -2.74. The Morgan fingerprint density at radius 2 is 2.04 bits per heavy atom. The summed E-state index contributed by atoms with van der Waals surface area (Å²) in [4.78, 5) is 0. The summed E-state index contributed by atoms with van der Waals surface area (Å²) in [6, 6.07) is 10.3. The number of H-pyrrole nitrogens is 1. The van der Waals surface area contributed by atoms with Crippen LogP contribution in [0.4, 0.5) is 13.2 Å². The maximum absolute atomic E-state index is 12.2. The molecule has 0 unspecified atom stereocenters. The molecule has 0 saturated carbocycles. The Labute approximate surface area is 148 Å². The van der Waals surface area contributed by atoms with E-state index in [1.807, 2.05) is 25.1 Å². The second kappa shape index (κ2) is 7.65. The molecule has 0 aliphatic heterocycles. The fourth-order valence-electron chi connectivity index (χ4n) is 2.48. The van der Waals surface area contributed by atoms with Crippen LogP contribution in [-0.4, -0.2) is 23.0 Å². The lowest BCUT2D eigenvalue weighted by atomic mass is 10.2. The third-order valence-electron chi connectivity index (χ3n) is 3.65. The number of benzene rings is 1. The lowest BCUT2D eigenvalue weighted by Crippen LogP contribution is -2.19. The summed E-state index contributed by atoms with van der Waals surface area (Å²) in [7, 11) is 0. The summed E-state index contributed by atoms with van der Waals surface area (Å²) in [5.41, 5.74) is 2.56. The molecule has 2 aromatic heterocycles. The van der Waals surface area contributed by atoms with Gasteiger partial charge in [-0.25, -0.2) is 0 Å². The minimum Gasteiger partial charge on any atom is -0.484 e. The highest BCUT2D eigenvalue weighted by atomic mass is 19.4. The van der Waals surface area contributed by atoms with Gasteiger partial charge in [-0.3, -0.25) is 5.10 Å². The second-order valence-corrected chi connectivity index (χ2v) is 5.84. The highest BCUT2D eigenvalue weighted by Crippen LogP contribution is 2.23. The molecule has 0 aliphatic carbocycles. The molecule has 1 aromatic carbocycles. The first-order valence-electron chi connectivity index (χ1n) is 7.99. The summed E-state index contributed by atoms with van der Waals surface area (Å²) >= 11 is 0. The van der Waals surface area contributed by atoms with Gasteiger partial charge in [0.05, 0.1) is 6.20 Å². The molecule has 2 N–H and O–H groups in total. The molecule has 0 fully saturated rings. The smallest absolute Gasteiger partial charge is 0.422 e. The van der Waals surface area contributed by atoms with Gasteiger partial charge in [-0.2, -0.15) is 18.3 Å². The number of ether oxygens (including phenoxy) is 1. The Kier molecular flexibility index (Phi) is 5.32. The Balaban J connectivity index is 1.57. The lowest BCUT2D eigenvalue weighted by Gasteiger charge is -2.10. The van der Waals surface area contributed by atoms with E-state index >= 15 is 0 Å². The van der Waals surface area contributed by atoms with E-state index < -0.39 is 12.8 Å². The van der Waals surface area contributed by atoms with E-state index in [4.69, 9.17) is 9.15 Å². The SMILES string of the molecule is Cc1ccc(-c2[nH]ncc2CNCc2cccc(OCC(F)(F)F)c2)o1. The molecule has 138 valence electrons. The third kappa shape index (κ3) is 4.89. The van der Waals surface area contributed by atoms with Crippen LogP contribution in [-0.2, 0) is 13.1 Å². The van der Waals surface area contributed by atoms with E-state index in [1.165, 1.54) is 6.07 Å². The maximum atomic E-state index is 12.2. The molecular weight excluding hydrogens is 347 g/mol. The Bertz CT molecular complexity index is 855. The van der Waals surface area contributed by atoms with Crippen LogP contribution in [0.1, 0.15) is 16.9 Å². The van der Waals surface area contributed by atoms with Crippen molar-refractivity contribution < 1.29 is 22.3 Å². The molecule has 3 aromatic rings. The molecular formula is C18H18F3N3O2. The first kappa shape index (κ1) is 18.1. The number of nitrogens with one attached hydrogen (secondary N) is 2. The van der Waals surface area contributed by atoms with Gasteiger partial charge in [0.15, 0.2) is 12.4 Å². The predicted molar refractivity (Wildman–Crippen MR) is 89.6 cm³/mol. The van der Waals surface area contributed by atoms with Crippen molar-refractivity contribution in [1.29, 1.82) is 0 Å². The van der Waals surface area contributed by atoms with Gasteiger partial charge in [-0.1, -0.05) is 12.1 Å². The molecule has 26 heavy (non-hydrogen) atoms. The second-order valence-electron chi connectivity index (χ2n) is 5.84. The highest BCUT2D eigenvalue weighted by Gasteiger charge is 2.28. The van der Waals surface area contributed by atoms with Crippen molar-refractivity contribution in [2.24, 2.45) is 0 Å². The van der Waals surface area contributed by atoms with Gasteiger partial charge in [0.2, 0.25) is 0 Å². The molecule has 0 aliphatic rings. The van der Waals surface area contributed by atoms with Crippen LogP contribution in [0.15, 0.2) is 47.0 Å². The predicted octanol–water partition coefficient (Wildman–Crippen LogP) is 4.21. The number of rotatable bonds is 7. The topological polar surface area (TPSA) is 63.1 Å². The van der Waals surface area contributed by atoms with Gasteiger partial charge in [0, 0.05) is 18.7 Å². The Morgan fingerprint density at radius 1 is 1.19 bits per heavy atom. The molecule has 8 heteroatoms. The van der Waals surface area contributed by atoms with E-state index in [9.17, 15) is 13.2 Å². The van der Waals surface area contributed by atoms with E-state index in [0.29, 0.717) is 18.8 Å². The normalized spacial score (nSPS) is 11.7. The third-order valence-corrected chi connectivity index (χ3v) is 3.65. The number of hydrogen-bond acceptors (Lipinski definition) is 4. The summed E-state index contributed by atoms with van der Waals surface area (Å²) < 4.78 is 47.0. The Morgan fingerprint density at radius 3 is 2.77 bits per heavy atom. The van der Waals surface area contributed by atoms with E-state index in [-0.39, 0.29) is 5.75 Å². The molecule has 0 bridgehead atoms. The van der Waals surface area contributed by atoms with E-state index in [1.54, 1.807) is 18.3 Å². The molecule has 0 radical (unpaired) electrons. The minimum atomic E-state index is -4.35. The molecule has 3 rings (SSSR count). The fourth-order valence-corrected chi connectivity index (χ4v) is 2.48. The van der Waals surface area contributed by atoms with Gasteiger partial charge in [0.1, 0.15) is 17.2 Å². The lowest BCUT2D eigenvalue weighted by molar-refractivity contribution is -0.153. The van der Waals surface area contributed by atoms with Crippen molar-refractivity contribution >= 4 is 0 Å². The van der Waals surface area contributed by atoms with Crippen molar-refractivity contribution in [2.45, 2.75) is 26.2 Å². The fraction of sp³-hybridized carbons (Fsp3) is 0.278. The number of aryl methyl sites for hydroxylation is 1. The van der Waals surface area contributed by atoms with Gasteiger partial charge >= 0.3 is 6.18 Å². The van der Waals surface area contributed by atoms with Crippen LogP contribution < -0.4 is 10.1 Å². The van der Waals surface area contributed by atoms with Crippen LogP contribution in [0.25, 0.3) is 11.5 Å². The first-order chi connectivity index (χ1) is 12.4. The maximum Gasteiger partial charge on any atom is 0.422 e. The number of alkyl halides is 3. The number of nitrogens with zero attached hydrogens (tertiary/aromatic N) is 1. The number of aromatic amines is 1. The minimum absolute atomic E-state index is 0.191. The number of halogens is 3.